The van der Waals surface area contributed by atoms with Crippen LogP contribution in [0.3, 0.4) is 0 Å². The van der Waals surface area contributed by atoms with E-state index >= 15 is 0 Å². The summed E-state index contributed by atoms with van der Waals surface area (Å²) < 4.78 is 0. The lowest BCUT2D eigenvalue weighted by Gasteiger charge is -2.37. The van der Waals surface area contributed by atoms with Crippen molar-refractivity contribution in [2.24, 2.45) is 11.3 Å². The molecule has 2 aromatic rings. The van der Waals surface area contributed by atoms with E-state index in [-0.39, 0.29) is 23.1 Å². The number of amides is 2. The number of rotatable bonds is 6. The molecule has 7 heteroatoms. The molecule has 7 nitrogen and oxygen atoms in total. The fourth-order valence-corrected chi connectivity index (χ4v) is 4.72. The molecule has 2 saturated heterocycles. The highest BCUT2D eigenvalue weighted by molar-refractivity contribution is 6.01. The first-order valence-electron chi connectivity index (χ1n) is 12.1. The van der Waals surface area contributed by atoms with Crippen LogP contribution in [0.4, 0.5) is 11.5 Å². The third-order valence-electron chi connectivity index (χ3n) is 7.28. The number of carbonyl (C=O) groups is 2. The van der Waals surface area contributed by atoms with E-state index in [1.54, 1.807) is 17.2 Å². The minimum Gasteiger partial charge on any atom is -0.342 e. The van der Waals surface area contributed by atoms with Gasteiger partial charge in [-0.25, -0.2) is 0 Å². The standard InChI is InChI=1S/C26H35N5O2/c1-4-26(2,3)25(33)30-16-12-20(13-17-30)19-7-9-22(10-8-19)31(23-6-5-14-28-29-23)24(32)21-11-15-27-18-21/h5-10,14,20-21,27H,4,11-13,15-18H2,1-3H3/t21-/m0/s1. The van der Waals surface area contributed by atoms with Crippen LogP contribution < -0.4 is 10.2 Å². The van der Waals surface area contributed by atoms with Gasteiger partial charge >= 0.3 is 0 Å². The van der Waals surface area contributed by atoms with Crippen LogP contribution >= 0.6 is 0 Å². The van der Waals surface area contributed by atoms with Gasteiger partial charge in [-0.3, -0.25) is 14.5 Å². The topological polar surface area (TPSA) is 78.4 Å². The first kappa shape index (κ1) is 23.4. The highest BCUT2D eigenvalue weighted by Gasteiger charge is 2.33. The van der Waals surface area contributed by atoms with E-state index in [0.29, 0.717) is 18.3 Å². The van der Waals surface area contributed by atoms with Crippen LogP contribution in [0.2, 0.25) is 0 Å². The van der Waals surface area contributed by atoms with Gasteiger partial charge in [0.25, 0.3) is 0 Å². The fraction of sp³-hybridized carbons (Fsp3) is 0.538. The number of likely N-dealkylation sites (tertiary alicyclic amines) is 1. The first-order valence-corrected chi connectivity index (χ1v) is 12.1. The van der Waals surface area contributed by atoms with E-state index in [1.807, 2.05) is 36.9 Å². The molecule has 0 saturated carbocycles. The largest absolute Gasteiger partial charge is 0.342 e. The Bertz CT molecular complexity index is 946. The van der Waals surface area contributed by atoms with Gasteiger partial charge in [0.15, 0.2) is 5.82 Å². The Hall–Kier alpha value is -2.80. The summed E-state index contributed by atoms with van der Waals surface area (Å²) in [4.78, 5) is 29.8. The summed E-state index contributed by atoms with van der Waals surface area (Å²) in [7, 11) is 0. The average Bonchev–Trinajstić information content (AvgIpc) is 3.40. The number of carbonyl (C=O) groups excluding carboxylic acids is 2. The van der Waals surface area contributed by atoms with Crippen molar-refractivity contribution in [1.29, 1.82) is 0 Å². The van der Waals surface area contributed by atoms with E-state index in [4.69, 9.17) is 0 Å². The number of hydrogen-bond acceptors (Lipinski definition) is 5. The van der Waals surface area contributed by atoms with Crippen LogP contribution in [0.15, 0.2) is 42.6 Å². The fourth-order valence-electron chi connectivity index (χ4n) is 4.72. The lowest BCUT2D eigenvalue weighted by molar-refractivity contribution is -0.141. The molecule has 33 heavy (non-hydrogen) atoms. The minimum atomic E-state index is -0.292. The third kappa shape index (κ3) is 5.08. The first-order chi connectivity index (χ1) is 15.9. The molecule has 1 atom stereocenters. The second kappa shape index (κ2) is 10.00. The molecule has 2 aliphatic rings. The van der Waals surface area contributed by atoms with Crippen molar-refractivity contribution in [3.05, 3.63) is 48.2 Å². The summed E-state index contributed by atoms with van der Waals surface area (Å²) in [6.45, 7) is 9.30. The Morgan fingerprint density at radius 2 is 1.85 bits per heavy atom. The van der Waals surface area contributed by atoms with Crippen LogP contribution in [-0.4, -0.2) is 53.1 Å². The summed E-state index contributed by atoms with van der Waals surface area (Å²) >= 11 is 0. The highest BCUT2D eigenvalue weighted by atomic mass is 16.2. The number of nitrogens with zero attached hydrogens (tertiary/aromatic N) is 4. The number of nitrogens with one attached hydrogen (secondary N) is 1. The van der Waals surface area contributed by atoms with Crippen LogP contribution in [-0.2, 0) is 9.59 Å². The maximum absolute atomic E-state index is 13.3. The van der Waals surface area contributed by atoms with E-state index in [2.05, 4.69) is 34.6 Å². The smallest absolute Gasteiger partial charge is 0.237 e. The predicted octanol–water partition coefficient (Wildman–Crippen LogP) is 3.89. The number of piperidine rings is 1. The Kier molecular flexibility index (Phi) is 7.08. The zero-order chi connectivity index (χ0) is 23.4. The van der Waals surface area contributed by atoms with Crippen molar-refractivity contribution in [2.45, 2.75) is 52.4 Å². The Morgan fingerprint density at radius 1 is 1.12 bits per heavy atom. The summed E-state index contributed by atoms with van der Waals surface area (Å²) in [5.41, 5.74) is 1.78. The second-order valence-electron chi connectivity index (χ2n) is 9.84. The lowest BCUT2D eigenvalue weighted by atomic mass is 9.85. The van der Waals surface area contributed by atoms with E-state index < -0.39 is 0 Å². The molecular weight excluding hydrogens is 414 g/mol. The molecule has 0 unspecified atom stereocenters. The normalized spacial score (nSPS) is 19.5. The minimum absolute atomic E-state index is 0.0543. The molecule has 2 aliphatic heterocycles. The zero-order valence-electron chi connectivity index (χ0n) is 20.0. The Labute approximate surface area is 196 Å². The zero-order valence-corrected chi connectivity index (χ0v) is 20.0. The van der Waals surface area contributed by atoms with Gasteiger partial charge in [0.2, 0.25) is 11.8 Å². The SMILES string of the molecule is CCC(C)(C)C(=O)N1CCC(c2ccc(N(C(=O)[C@H]3CCNC3)c3cccnn3)cc2)CC1. The van der Waals surface area contributed by atoms with Crippen molar-refractivity contribution in [2.75, 3.05) is 31.1 Å². The van der Waals surface area contributed by atoms with Gasteiger partial charge in [-0.15, -0.1) is 5.10 Å². The van der Waals surface area contributed by atoms with Crippen LogP contribution in [0.25, 0.3) is 0 Å². The maximum atomic E-state index is 13.3. The Balaban J connectivity index is 1.47. The molecule has 2 fully saturated rings. The van der Waals surface area contributed by atoms with Gasteiger partial charge in [-0.1, -0.05) is 32.9 Å². The number of anilines is 2. The van der Waals surface area contributed by atoms with E-state index in [9.17, 15) is 9.59 Å². The summed E-state index contributed by atoms with van der Waals surface area (Å²) in [6, 6.07) is 11.9. The average molecular weight is 450 g/mol. The van der Waals surface area contributed by atoms with E-state index in [1.165, 1.54) is 5.56 Å². The van der Waals surface area contributed by atoms with Crippen LogP contribution in [0.5, 0.6) is 0 Å². The molecule has 4 rings (SSSR count). The van der Waals surface area contributed by atoms with Gasteiger partial charge in [-0.05, 0) is 68.0 Å². The predicted molar refractivity (Wildman–Crippen MR) is 129 cm³/mol. The van der Waals surface area contributed by atoms with E-state index in [0.717, 1.165) is 51.0 Å². The van der Waals surface area contributed by atoms with Gasteiger partial charge in [0.1, 0.15) is 0 Å². The van der Waals surface area contributed by atoms with Crippen LogP contribution in [0.1, 0.15) is 57.9 Å². The quantitative estimate of drug-likeness (QED) is 0.724. The van der Waals surface area contributed by atoms with Gasteiger partial charge < -0.3 is 10.2 Å². The van der Waals surface area contributed by atoms with Crippen molar-refractivity contribution in [1.82, 2.24) is 20.4 Å². The monoisotopic (exact) mass is 449 g/mol. The molecule has 0 radical (unpaired) electrons. The van der Waals surface area contributed by atoms with Gasteiger partial charge in [0.05, 0.1) is 11.6 Å². The van der Waals surface area contributed by atoms with Crippen LogP contribution in [0, 0.1) is 11.3 Å². The summed E-state index contributed by atoms with van der Waals surface area (Å²) in [5.74, 6) is 1.23. The molecule has 3 heterocycles. The lowest BCUT2D eigenvalue weighted by Crippen LogP contribution is -2.44. The van der Waals surface area contributed by atoms with Crippen molar-refractivity contribution in [3.63, 3.8) is 0 Å². The van der Waals surface area contributed by atoms with Gasteiger partial charge in [0, 0.05) is 31.2 Å². The molecule has 0 aliphatic carbocycles. The molecule has 176 valence electrons. The summed E-state index contributed by atoms with van der Waals surface area (Å²) in [5, 5.41) is 11.5. The summed E-state index contributed by atoms with van der Waals surface area (Å²) in [6.07, 6.45) is 5.23. The van der Waals surface area contributed by atoms with Crippen molar-refractivity contribution in [3.8, 4) is 0 Å². The van der Waals surface area contributed by atoms with Crippen molar-refractivity contribution < 1.29 is 9.59 Å². The Morgan fingerprint density at radius 3 is 2.42 bits per heavy atom. The molecule has 1 aromatic heterocycles. The molecule has 1 N–H and O–H groups in total. The molecule has 0 bridgehead atoms. The molecule has 2 amide bonds. The number of hydrogen-bond donors (Lipinski definition) is 1. The van der Waals surface area contributed by atoms with Crippen molar-refractivity contribution >= 4 is 23.3 Å². The molecule has 0 spiro atoms. The molecular formula is C26H35N5O2. The highest BCUT2D eigenvalue weighted by Crippen LogP contribution is 2.33. The number of aromatic nitrogens is 2. The second-order valence-corrected chi connectivity index (χ2v) is 9.84. The number of benzene rings is 1. The molecule has 1 aromatic carbocycles. The van der Waals surface area contributed by atoms with Gasteiger partial charge in [-0.2, -0.15) is 5.10 Å². The third-order valence-corrected chi connectivity index (χ3v) is 7.28. The maximum Gasteiger partial charge on any atom is 0.237 e.